The van der Waals surface area contributed by atoms with Crippen molar-refractivity contribution in [1.82, 2.24) is 25.6 Å². The Morgan fingerprint density at radius 1 is 1.21 bits per heavy atom. The molecule has 0 amide bonds. The van der Waals surface area contributed by atoms with Gasteiger partial charge in [-0.2, -0.15) is 5.21 Å². The molecule has 0 aliphatic heterocycles. The SMILES string of the molecule is O=C(O)c1[nH]c2c(-c3nn[nH]n3)csc2c1-c1cc(Cl)cc(Cl)c1. The monoisotopic (exact) mass is 379 g/mol. The summed E-state index contributed by atoms with van der Waals surface area (Å²) in [6.07, 6.45) is 0. The summed E-state index contributed by atoms with van der Waals surface area (Å²) >= 11 is 13.5. The molecule has 0 bridgehead atoms. The lowest BCUT2D eigenvalue weighted by Crippen LogP contribution is -1.99. The lowest BCUT2D eigenvalue weighted by Gasteiger charge is -2.03. The van der Waals surface area contributed by atoms with Crippen LogP contribution in [0.2, 0.25) is 10.0 Å². The maximum absolute atomic E-state index is 11.7. The third-order valence-corrected chi connectivity index (χ3v) is 4.90. The normalized spacial score (nSPS) is 11.2. The number of hydrogen-bond donors (Lipinski definition) is 3. The molecule has 120 valence electrons. The number of aromatic amines is 2. The molecule has 0 saturated heterocycles. The molecular formula is C14H7Cl2N5O2S. The topological polar surface area (TPSA) is 108 Å². The zero-order chi connectivity index (χ0) is 16.8. The summed E-state index contributed by atoms with van der Waals surface area (Å²) in [6, 6.07) is 4.95. The van der Waals surface area contributed by atoms with Crippen molar-refractivity contribution < 1.29 is 9.90 Å². The highest BCUT2D eigenvalue weighted by Crippen LogP contribution is 2.42. The fourth-order valence-electron chi connectivity index (χ4n) is 2.54. The molecule has 0 spiro atoms. The van der Waals surface area contributed by atoms with Gasteiger partial charge in [-0.1, -0.05) is 23.2 Å². The van der Waals surface area contributed by atoms with Crippen LogP contribution in [0.25, 0.3) is 32.7 Å². The highest BCUT2D eigenvalue weighted by atomic mass is 35.5. The Morgan fingerprint density at radius 3 is 2.58 bits per heavy atom. The van der Waals surface area contributed by atoms with Crippen molar-refractivity contribution in [2.45, 2.75) is 0 Å². The highest BCUT2D eigenvalue weighted by molar-refractivity contribution is 7.18. The molecule has 0 unspecified atom stereocenters. The van der Waals surface area contributed by atoms with Crippen LogP contribution in [-0.2, 0) is 0 Å². The Labute approximate surface area is 148 Å². The van der Waals surface area contributed by atoms with E-state index in [1.165, 1.54) is 11.3 Å². The fraction of sp³-hybridized carbons (Fsp3) is 0. The number of benzene rings is 1. The van der Waals surface area contributed by atoms with Gasteiger partial charge >= 0.3 is 5.97 Å². The number of aromatic nitrogens is 5. The second-order valence-corrected chi connectivity index (χ2v) is 6.68. The predicted molar refractivity (Wildman–Crippen MR) is 91.8 cm³/mol. The van der Waals surface area contributed by atoms with Crippen LogP contribution in [0.4, 0.5) is 0 Å². The number of carboxylic acids is 1. The van der Waals surface area contributed by atoms with Crippen molar-refractivity contribution >= 4 is 50.7 Å². The quantitative estimate of drug-likeness (QED) is 0.496. The largest absolute Gasteiger partial charge is 0.477 e. The summed E-state index contributed by atoms with van der Waals surface area (Å²) in [6.45, 7) is 0. The molecule has 0 aliphatic carbocycles. The maximum Gasteiger partial charge on any atom is 0.353 e. The lowest BCUT2D eigenvalue weighted by atomic mass is 10.1. The van der Waals surface area contributed by atoms with Crippen LogP contribution in [0.1, 0.15) is 10.5 Å². The molecule has 1 aromatic carbocycles. The number of nitrogens with zero attached hydrogens (tertiary/aromatic N) is 3. The van der Waals surface area contributed by atoms with Gasteiger partial charge in [-0.15, -0.1) is 21.5 Å². The number of fused-ring (bicyclic) bond motifs is 1. The lowest BCUT2D eigenvalue weighted by molar-refractivity contribution is 0.0692. The number of H-pyrrole nitrogens is 2. The van der Waals surface area contributed by atoms with Gasteiger partial charge in [-0.25, -0.2) is 4.79 Å². The number of hydrogen-bond acceptors (Lipinski definition) is 5. The number of carbonyl (C=O) groups is 1. The average molecular weight is 380 g/mol. The molecule has 0 saturated carbocycles. The van der Waals surface area contributed by atoms with Gasteiger partial charge in [-0.3, -0.25) is 0 Å². The molecule has 4 aromatic rings. The van der Waals surface area contributed by atoms with E-state index >= 15 is 0 Å². The second-order valence-electron chi connectivity index (χ2n) is 4.93. The first kappa shape index (κ1) is 15.1. The van der Waals surface area contributed by atoms with Gasteiger partial charge < -0.3 is 10.1 Å². The predicted octanol–water partition coefficient (Wildman–Crippen LogP) is 4.08. The molecule has 4 rings (SSSR count). The van der Waals surface area contributed by atoms with Gasteiger partial charge in [-0.05, 0) is 29.0 Å². The maximum atomic E-state index is 11.7. The Kier molecular flexibility index (Phi) is 3.52. The van der Waals surface area contributed by atoms with Crippen LogP contribution >= 0.6 is 34.5 Å². The Morgan fingerprint density at radius 2 is 1.96 bits per heavy atom. The van der Waals surface area contributed by atoms with Crippen molar-refractivity contribution in [3.8, 4) is 22.5 Å². The Balaban J connectivity index is 2.03. The number of rotatable bonds is 3. The molecule has 0 radical (unpaired) electrons. The van der Waals surface area contributed by atoms with Gasteiger partial charge in [0, 0.05) is 21.0 Å². The molecule has 3 heterocycles. The molecule has 10 heteroatoms. The summed E-state index contributed by atoms with van der Waals surface area (Å²) in [7, 11) is 0. The Bertz CT molecular complexity index is 1050. The summed E-state index contributed by atoms with van der Waals surface area (Å²) in [4.78, 5) is 14.6. The molecule has 0 atom stereocenters. The highest BCUT2D eigenvalue weighted by Gasteiger charge is 2.23. The molecule has 3 aromatic heterocycles. The number of halogens is 2. The third kappa shape index (κ3) is 2.35. The smallest absolute Gasteiger partial charge is 0.353 e. The van der Waals surface area contributed by atoms with Crippen molar-refractivity contribution in [2.24, 2.45) is 0 Å². The zero-order valence-corrected chi connectivity index (χ0v) is 14.0. The van der Waals surface area contributed by atoms with E-state index in [4.69, 9.17) is 23.2 Å². The molecule has 3 N–H and O–H groups in total. The minimum absolute atomic E-state index is 0.0555. The van der Waals surface area contributed by atoms with Crippen molar-refractivity contribution in [3.05, 3.63) is 39.3 Å². The van der Waals surface area contributed by atoms with E-state index in [1.807, 2.05) is 5.38 Å². The third-order valence-electron chi connectivity index (χ3n) is 3.47. The fourth-order valence-corrected chi connectivity index (χ4v) is 4.14. The second kappa shape index (κ2) is 5.59. The minimum Gasteiger partial charge on any atom is -0.477 e. The van der Waals surface area contributed by atoms with Gasteiger partial charge in [0.1, 0.15) is 5.69 Å². The van der Waals surface area contributed by atoms with Gasteiger partial charge in [0.25, 0.3) is 0 Å². The first-order valence-electron chi connectivity index (χ1n) is 6.61. The van der Waals surface area contributed by atoms with Crippen molar-refractivity contribution in [3.63, 3.8) is 0 Å². The van der Waals surface area contributed by atoms with Crippen LogP contribution in [0, 0.1) is 0 Å². The van der Waals surface area contributed by atoms with Crippen molar-refractivity contribution in [2.75, 3.05) is 0 Å². The van der Waals surface area contributed by atoms with E-state index < -0.39 is 5.97 Å². The summed E-state index contributed by atoms with van der Waals surface area (Å²) < 4.78 is 0.755. The summed E-state index contributed by atoms with van der Waals surface area (Å²) in [5.41, 5.74) is 2.51. The van der Waals surface area contributed by atoms with Crippen LogP contribution in [0.15, 0.2) is 23.6 Å². The number of thiophene rings is 1. The van der Waals surface area contributed by atoms with E-state index in [2.05, 4.69) is 25.6 Å². The summed E-state index contributed by atoms with van der Waals surface area (Å²) in [5.74, 6) is -0.696. The van der Waals surface area contributed by atoms with Crippen LogP contribution in [0.3, 0.4) is 0 Å². The van der Waals surface area contributed by atoms with E-state index in [0.717, 1.165) is 4.70 Å². The molecular weight excluding hydrogens is 373 g/mol. The average Bonchev–Trinajstić information content (AvgIpc) is 3.21. The van der Waals surface area contributed by atoms with Gasteiger partial charge in [0.15, 0.2) is 0 Å². The molecule has 7 nitrogen and oxygen atoms in total. The van der Waals surface area contributed by atoms with E-state index in [0.29, 0.717) is 38.1 Å². The number of tetrazole rings is 1. The molecule has 0 fully saturated rings. The van der Waals surface area contributed by atoms with E-state index in [-0.39, 0.29) is 5.69 Å². The summed E-state index contributed by atoms with van der Waals surface area (Å²) in [5, 5.41) is 26.1. The van der Waals surface area contributed by atoms with Crippen molar-refractivity contribution in [1.29, 1.82) is 0 Å². The van der Waals surface area contributed by atoms with Crippen LogP contribution in [0.5, 0.6) is 0 Å². The van der Waals surface area contributed by atoms with Crippen LogP contribution < -0.4 is 0 Å². The number of aromatic carboxylic acids is 1. The first-order valence-corrected chi connectivity index (χ1v) is 8.25. The standard InChI is InChI=1S/C14H7Cl2N5O2S/c15-6-1-5(2-7(16)3-6)9-11(14(22)23)17-10-8(4-24-12(9)10)13-18-20-21-19-13/h1-4,17H,(H,22,23)(H,18,19,20,21). The molecule has 0 aliphatic rings. The first-order chi connectivity index (χ1) is 11.5. The van der Waals surface area contributed by atoms with E-state index in [9.17, 15) is 9.90 Å². The Hall–Kier alpha value is -2.42. The number of nitrogens with one attached hydrogen (secondary N) is 2. The zero-order valence-electron chi connectivity index (χ0n) is 11.7. The molecule has 24 heavy (non-hydrogen) atoms. The van der Waals surface area contributed by atoms with Gasteiger partial charge in [0.2, 0.25) is 5.82 Å². The number of carboxylic acid groups (broad SMARTS) is 1. The van der Waals surface area contributed by atoms with Gasteiger partial charge in [0.05, 0.1) is 15.8 Å². The van der Waals surface area contributed by atoms with Crippen LogP contribution in [-0.4, -0.2) is 36.7 Å². The minimum atomic E-state index is -1.08. The van der Waals surface area contributed by atoms with E-state index in [1.54, 1.807) is 18.2 Å².